The van der Waals surface area contributed by atoms with Crippen molar-refractivity contribution in [3.63, 3.8) is 0 Å². The molecule has 0 bridgehead atoms. The summed E-state index contributed by atoms with van der Waals surface area (Å²) in [5, 5.41) is 9.16. The van der Waals surface area contributed by atoms with Crippen LogP contribution in [-0.4, -0.2) is 71.2 Å². The predicted molar refractivity (Wildman–Crippen MR) is 117 cm³/mol. The summed E-state index contributed by atoms with van der Waals surface area (Å²) in [5.74, 6) is 0.394. The smallest absolute Gasteiger partial charge is 0.309 e. The Bertz CT molecular complexity index is 893. The van der Waals surface area contributed by atoms with Gasteiger partial charge in [-0.25, -0.2) is 9.97 Å². The molecule has 1 aliphatic carbocycles. The molecule has 4 rings (SSSR count). The zero-order valence-electron chi connectivity index (χ0n) is 18.8. The third-order valence-electron chi connectivity index (χ3n) is 6.23. The molecule has 9 nitrogen and oxygen atoms in total. The summed E-state index contributed by atoms with van der Waals surface area (Å²) in [6.07, 6.45) is 4.93. The van der Waals surface area contributed by atoms with Crippen molar-refractivity contribution in [3.05, 3.63) is 17.0 Å². The molecule has 1 atom stereocenters. The zero-order chi connectivity index (χ0) is 22.9. The number of aromatic nitrogens is 2. The summed E-state index contributed by atoms with van der Waals surface area (Å²) in [7, 11) is 0. The number of anilines is 1. The Hall–Kier alpha value is -1.99. The Balaban J connectivity index is 1.39. The molecule has 2 saturated heterocycles. The number of hydrogen-bond acceptors (Lipinski definition) is 9. The van der Waals surface area contributed by atoms with Gasteiger partial charge in [-0.15, -0.1) is 0 Å². The highest BCUT2D eigenvalue weighted by atomic mass is 35.5. The second-order valence-corrected chi connectivity index (χ2v) is 10.2. The van der Waals surface area contributed by atoms with Crippen molar-refractivity contribution in [3.8, 4) is 6.07 Å². The molecule has 10 heteroatoms. The van der Waals surface area contributed by atoms with Crippen LogP contribution in [0.3, 0.4) is 0 Å². The lowest BCUT2D eigenvalue weighted by Gasteiger charge is -2.48. The second-order valence-electron chi connectivity index (χ2n) is 9.89. The van der Waals surface area contributed by atoms with Crippen LogP contribution in [0.2, 0.25) is 5.15 Å². The van der Waals surface area contributed by atoms with Crippen LogP contribution in [0.4, 0.5) is 5.82 Å². The van der Waals surface area contributed by atoms with Crippen molar-refractivity contribution in [1.29, 1.82) is 5.26 Å². The van der Waals surface area contributed by atoms with E-state index in [1.807, 2.05) is 26.8 Å². The molecule has 1 aromatic heterocycles. The molecule has 1 unspecified atom stereocenters. The molecule has 3 fully saturated rings. The van der Waals surface area contributed by atoms with Gasteiger partial charge in [0.1, 0.15) is 31.0 Å². The number of ether oxygens (including phenoxy) is 3. The fourth-order valence-electron chi connectivity index (χ4n) is 4.70. The van der Waals surface area contributed by atoms with Crippen molar-refractivity contribution in [1.82, 2.24) is 14.9 Å². The van der Waals surface area contributed by atoms with Crippen LogP contribution in [0.25, 0.3) is 0 Å². The minimum Gasteiger partial charge on any atom is -0.460 e. The molecule has 1 saturated carbocycles. The van der Waals surface area contributed by atoms with Crippen LogP contribution < -0.4 is 4.90 Å². The lowest BCUT2D eigenvalue weighted by atomic mass is 9.70. The van der Waals surface area contributed by atoms with Gasteiger partial charge >= 0.3 is 5.97 Å². The topological polar surface area (TPSA) is 101 Å². The molecule has 0 radical (unpaired) electrons. The standard InChI is InChI=1S/C22H30ClN5O4/c1-21(2,3)32-20(29)15-7-22(8-15)12-28(13-30-14-31-22)16-5-4-6-27(11-16)18-10-25-17(9-24)19(23)26-18/h10,15-16H,4-8,11-14H2,1-3H3. The Kier molecular flexibility index (Phi) is 6.59. The van der Waals surface area contributed by atoms with Crippen LogP contribution >= 0.6 is 11.6 Å². The van der Waals surface area contributed by atoms with Gasteiger partial charge in [-0.05, 0) is 46.5 Å². The van der Waals surface area contributed by atoms with Gasteiger partial charge in [0.25, 0.3) is 0 Å². The first-order valence-corrected chi connectivity index (χ1v) is 11.4. The normalized spacial score (nSPS) is 29.2. The minimum absolute atomic E-state index is 0.125. The SMILES string of the molecule is CC(C)(C)OC(=O)C1CC2(C1)CN(C1CCCN(c3cnc(C#N)c(Cl)n3)C1)COCO2. The first-order valence-electron chi connectivity index (χ1n) is 11.0. The van der Waals surface area contributed by atoms with Gasteiger partial charge in [0, 0.05) is 25.7 Å². The summed E-state index contributed by atoms with van der Waals surface area (Å²) in [4.78, 5) is 25.4. The van der Waals surface area contributed by atoms with Gasteiger partial charge in [0.2, 0.25) is 0 Å². The van der Waals surface area contributed by atoms with Gasteiger partial charge in [-0.1, -0.05) is 11.6 Å². The van der Waals surface area contributed by atoms with E-state index in [2.05, 4.69) is 19.8 Å². The number of nitriles is 1. The van der Waals surface area contributed by atoms with E-state index in [-0.39, 0.29) is 41.2 Å². The molecule has 0 amide bonds. The van der Waals surface area contributed by atoms with Gasteiger partial charge < -0.3 is 19.1 Å². The molecule has 1 aromatic rings. The van der Waals surface area contributed by atoms with Crippen LogP contribution in [-0.2, 0) is 19.0 Å². The molecule has 32 heavy (non-hydrogen) atoms. The van der Waals surface area contributed by atoms with E-state index in [0.29, 0.717) is 31.9 Å². The number of nitrogens with zero attached hydrogens (tertiary/aromatic N) is 5. The number of hydrogen-bond donors (Lipinski definition) is 0. The molecule has 174 valence electrons. The predicted octanol–water partition coefficient (Wildman–Crippen LogP) is 2.72. The molecular formula is C22H30ClN5O4. The van der Waals surface area contributed by atoms with Crippen LogP contribution in [0, 0.1) is 17.2 Å². The van der Waals surface area contributed by atoms with Crippen LogP contribution in [0.1, 0.15) is 52.1 Å². The molecule has 0 N–H and O–H groups in total. The average molecular weight is 464 g/mol. The number of carbonyl (C=O) groups excluding carboxylic acids is 1. The Morgan fingerprint density at radius 2 is 2.19 bits per heavy atom. The number of rotatable bonds is 3. The van der Waals surface area contributed by atoms with Gasteiger partial charge in [0.05, 0.1) is 17.7 Å². The highest BCUT2D eigenvalue weighted by Crippen LogP contribution is 2.44. The second kappa shape index (κ2) is 9.10. The first-order chi connectivity index (χ1) is 15.2. The Morgan fingerprint density at radius 1 is 1.41 bits per heavy atom. The average Bonchev–Trinajstić information content (AvgIpc) is 2.95. The fraction of sp³-hybridized carbons (Fsp3) is 0.727. The van der Waals surface area contributed by atoms with E-state index in [9.17, 15) is 4.79 Å². The van der Waals surface area contributed by atoms with Crippen molar-refractivity contribution in [2.45, 2.75) is 63.7 Å². The van der Waals surface area contributed by atoms with E-state index in [1.165, 1.54) is 0 Å². The summed E-state index contributed by atoms with van der Waals surface area (Å²) in [6.45, 7) is 8.69. The summed E-state index contributed by atoms with van der Waals surface area (Å²) in [5.41, 5.74) is -0.728. The molecule has 3 heterocycles. The van der Waals surface area contributed by atoms with Crippen molar-refractivity contribution in [2.75, 3.05) is 38.1 Å². The molecule has 1 spiro atoms. The Labute approximate surface area is 193 Å². The van der Waals surface area contributed by atoms with Crippen molar-refractivity contribution in [2.24, 2.45) is 5.92 Å². The lowest BCUT2D eigenvalue weighted by Crippen LogP contribution is -2.58. The highest BCUT2D eigenvalue weighted by Gasteiger charge is 2.52. The third kappa shape index (κ3) is 5.15. The summed E-state index contributed by atoms with van der Waals surface area (Å²) < 4.78 is 17.3. The minimum atomic E-state index is -0.484. The monoisotopic (exact) mass is 463 g/mol. The van der Waals surface area contributed by atoms with Gasteiger partial charge in [-0.3, -0.25) is 9.69 Å². The number of esters is 1. The highest BCUT2D eigenvalue weighted by molar-refractivity contribution is 6.30. The van der Waals surface area contributed by atoms with Gasteiger partial charge in [0.15, 0.2) is 10.8 Å². The fourth-order valence-corrected chi connectivity index (χ4v) is 4.88. The maximum absolute atomic E-state index is 12.4. The van der Waals surface area contributed by atoms with E-state index in [4.69, 9.17) is 31.1 Å². The summed E-state index contributed by atoms with van der Waals surface area (Å²) in [6, 6.07) is 2.19. The number of carbonyl (C=O) groups is 1. The molecule has 2 aliphatic heterocycles. The quantitative estimate of drug-likeness (QED) is 0.626. The van der Waals surface area contributed by atoms with E-state index < -0.39 is 5.60 Å². The van der Waals surface area contributed by atoms with Crippen molar-refractivity contribution < 1.29 is 19.0 Å². The Morgan fingerprint density at radius 3 is 2.88 bits per heavy atom. The molecule has 3 aliphatic rings. The van der Waals surface area contributed by atoms with Gasteiger partial charge in [-0.2, -0.15) is 5.26 Å². The largest absolute Gasteiger partial charge is 0.460 e. The first kappa shape index (κ1) is 23.2. The maximum atomic E-state index is 12.4. The third-order valence-corrected chi connectivity index (χ3v) is 6.50. The number of piperidine rings is 1. The van der Waals surface area contributed by atoms with E-state index in [0.717, 1.165) is 25.9 Å². The van der Waals surface area contributed by atoms with E-state index >= 15 is 0 Å². The van der Waals surface area contributed by atoms with Crippen LogP contribution in [0.15, 0.2) is 6.20 Å². The number of halogens is 1. The molecule has 0 aromatic carbocycles. The summed E-state index contributed by atoms with van der Waals surface area (Å²) >= 11 is 6.09. The van der Waals surface area contributed by atoms with Crippen LogP contribution in [0.5, 0.6) is 0 Å². The van der Waals surface area contributed by atoms with E-state index in [1.54, 1.807) is 6.20 Å². The maximum Gasteiger partial charge on any atom is 0.309 e. The zero-order valence-corrected chi connectivity index (χ0v) is 19.6. The molecular weight excluding hydrogens is 434 g/mol. The lowest BCUT2D eigenvalue weighted by molar-refractivity contribution is -0.194. The van der Waals surface area contributed by atoms with Crippen molar-refractivity contribution >= 4 is 23.4 Å².